The summed E-state index contributed by atoms with van der Waals surface area (Å²) in [6, 6.07) is 0.593. The summed E-state index contributed by atoms with van der Waals surface area (Å²) in [5.74, 6) is 1.18. The largest absolute Gasteiger partial charge is 0.390 e. The standard InChI is InChI=1S/C13H21N3O/c17-9-11-12-5-1-2-7-16(12)13(15-11)8-10-4-3-6-14-10/h10,14,17H,1-9H2. The first-order valence-corrected chi connectivity index (χ1v) is 6.80. The topological polar surface area (TPSA) is 50.1 Å². The van der Waals surface area contributed by atoms with E-state index in [4.69, 9.17) is 0 Å². The maximum Gasteiger partial charge on any atom is 0.110 e. The average molecular weight is 235 g/mol. The molecule has 2 aliphatic rings. The number of aliphatic hydroxyl groups is 1. The third-order valence-corrected chi connectivity index (χ3v) is 4.02. The van der Waals surface area contributed by atoms with Gasteiger partial charge in [-0.3, -0.25) is 0 Å². The molecule has 0 radical (unpaired) electrons. The van der Waals surface area contributed by atoms with Crippen LogP contribution in [0.2, 0.25) is 0 Å². The number of rotatable bonds is 3. The summed E-state index contributed by atoms with van der Waals surface area (Å²) in [6.45, 7) is 2.32. The van der Waals surface area contributed by atoms with Gasteiger partial charge in [0.15, 0.2) is 0 Å². The maximum absolute atomic E-state index is 9.38. The normalized spacial score (nSPS) is 23.9. The van der Waals surface area contributed by atoms with Gasteiger partial charge in [-0.2, -0.15) is 0 Å². The van der Waals surface area contributed by atoms with Crippen LogP contribution in [0.15, 0.2) is 0 Å². The summed E-state index contributed by atoms with van der Waals surface area (Å²) in [5.41, 5.74) is 2.20. The van der Waals surface area contributed by atoms with Crippen LogP contribution in [-0.2, 0) is 26.0 Å². The molecule has 0 aromatic carbocycles. The number of hydrogen-bond acceptors (Lipinski definition) is 3. The number of aliphatic hydroxyl groups excluding tert-OH is 1. The van der Waals surface area contributed by atoms with Crippen molar-refractivity contribution in [2.45, 2.75) is 57.7 Å². The first kappa shape index (κ1) is 11.2. The lowest BCUT2D eigenvalue weighted by molar-refractivity contribution is 0.275. The van der Waals surface area contributed by atoms with Gasteiger partial charge in [-0.15, -0.1) is 0 Å². The highest BCUT2D eigenvalue weighted by atomic mass is 16.3. The van der Waals surface area contributed by atoms with Crippen LogP contribution in [0.5, 0.6) is 0 Å². The van der Waals surface area contributed by atoms with E-state index in [2.05, 4.69) is 14.9 Å². The fourth-order valence-electron chi connectivity index (χ4n) is 3.13. The molecule has 3 rings (SSSR count). The Morgan fingerprint density at radius 1 is 1.35 bits per heavy atom. The Hall–Kier alpha value is -0.870. The van der Waals surface area contributed by atoms with Crippen LogP contribution in [0.4, 0.5) is 0 Å². The Morgan fingerprint density at radius 2 is 2.29 bits per heavy atom. The summed E-state index contributed by atoms with van der Waals surface area (Å²) in [7, 11) is 0. The summed E-state index contributed by atoms with van der Waals surface area (Å²) < 4.78 is 2.36. The zero-order chi connectivity index (χ0) is 11.7. The summed E-state index contributed by atoms with van der Waals surface area (Å²) >= 11 is 0. The smallest absolute Gasteiger partial charge is 0.110 e. The average Bonchev–Trinajstić information content (AvgIpc) is 2.98. The summed E-state index contributed by atoms with van der Waals surface area (Å²) in [4.78, 5) is 4.65. The van der Waals surface area contributed by atoms with Crippen LogP contribution in [0.3, 0.4) is 0 Å². The fourth-order valence-corrected chi connectivity index (χ4v) is 3.13. The zero-order valence-corrected chi connectivity index (χ0v) is 10.3. The fraction of sp³-hybridized carbons (Fsp3) is 0.769. The van der Waals surface area contributed by atoms with Crippen molar-refractivity contribution >= 4 is 0 Å². The lowest BCUT2D eigenvalue weighted by Crippen LogP contribution is -2.26. The van der Waals surface area contributed by atoms with Crippen molar-refractivity contribution in [1.29, 1.82) is 0 Å². The van der Waals surface area contributed by atoms with Crippen molar-refractivity contribution < 1.29 is 5.11 Å². The molecule has 94 valence electrons. The van der Waals surface area contributed by atoms with Gasteiger partial charge in [0.2, 0.25) is 0 Å². The van der Waals surface area contributed by atoms with Crippen LogP contribution in [0, 0.1) is 0 Å². The van der Waals surface area contributed by atoms with Crippen LogP contribution in [-0.4, -0.2) is 27.2 Å². The van der Waals surface area contributed by atoms with Crippen molar-refractivity contribution in [3.05, 3.63) is 17.2 Å². The summed E-state index contributed by atoms with van der Waals surface area (Å²) in [6.07, 6.45) is 7.13. The molecule has 17 heavy (non-hydrogen) atoms. The van der Waals surface area contributed by atoms with Crippen LogP contribution < -0.4 is 5.32 Å². The molecule has 1 unspecified atom stereocenters. The monoisotopic (exact) mass is 235 g/mol. The van der Waals surface area contributed by atoms with Gasteiger partial charge in [0, 0.05) is 24.7 Å². The summed E-state index contributed by atoms with van der Waals surface area (Å²) in [5, 5.41) is 12.9. The third-order valence-electron chi connectivity index (χ3n) is 4.02. The van der Waals surface area contributed by atoms with Gasteiger partial charge in [-0.25, -0.2) is 4.98 Å². The minimum atomic E-state index is 0.0907. The van der Waals surface area contributed by atoms with Gasteiger partial charge in [-0.1, -0.05) is 0 Å². The van der Waals surface area contributed by atoms with Crippen molar-refractivity contribution in [2.75, 3.05) is 6.54 Å². The second-order valence-electron chi connectivity index (χ2n) is 5.19. The minimum Gasteiger partial charge on any atom is -0.390 e. The molecule has 2 aliphatic heterocycles. The van der Waals surface area contributed by atoms with Crippen LogP contribution in [0.25, 0.3) is 0 Å². The molecule has 4 heteroatoms. The van der Waals surface area contributed by atoms with E-state index < -0.39 is 0 Å². The molecular weight excluding hydrogens is 214 g/mol. The lowest BCUT2D eigenvalue weighted by atomic mass is 10.1. The van der Waals surface area contributed by atoms with Crippen molar-refractivity contribution in [3.8, 4) is 0 Å². The second-order valence-corrected chi connectivity index (χ2v) is 5.19. The van der Waals surface area contributed by atoms with Gasteiger partial charge in [-0.05, 0) is 38.6 Å². The first-order valence-electron chi connectivity index (χ1n) is 6.80. The van der Waals surface area contributed by atoms with Crippen LogP contribution in [0.1, 0.15) is 42.9 Å². The van der Waals surface area contributed by atoms with E-state index in [1.165, 1.54) is 37.2 Å². The molecule has 1 atom stereocenters. The van der Waals surface area contributed by atoms with Gasteiger partial charge in [0.05, 0.1) is 12.3 Å². The molecule has 1 aromatic rings. The van der Waals surface area contributed by atoms with Gasteiger partial charge in [0.1, 0.15) is 5.82 Å². The van der Waals surface area contributed by atoms with Crippen LogP contribution >= 0.6 is 0 Å². The van der Waals surface area contributed by atoms with Crippen molar-refractivity contribution in [3.63, 3.8) is 0 Å². The van der Waals surface area contributed by atoms with E-state index >= 15 is 0 Å². The van der Waals surface area contributed by atoms with E-state index in [-0.39, 0.29) is 6.61 Å². The third kappa shape index (κ3) is 2.11. The molecule has 1 fully saturated rings. The molecule has 0 bridgehead atoms. The van der Waals surface area contributed by atoms with E-state index in [0.717, 1.165) is 31.6 Å². The zero-order valence-electron chi connectivity index (χ0n) is 10.3. The van der Waals surface area contributed by atoms with E-state index in [1.54, 1.807) is 0 Å². The minimum absolute atomic E-state index is 0.0907. The predicted molar refractivity (Wildman–Crippen MR) is 65.8 cm³/mol. The van der Waals surface area contributed by atoms with Gasteiger partial charge >= 0.3 is 0 Å². The molecule has 1 aromatic heterocycles. The van der Waals surface area contributed by atoms with E-state index in [9.17, 15) is 5.11 Å². The SMILES string of the molecule is OCc1nc(CC2CCCN2)n2c1CCCC2. The molecule has 0 spiro atoms. The molecule has 0 saturated carbocycles. The highest BCUT2D eigenvalue weighted by molar-refractivity contribution is 5.19. The lowest BCUT2D eigenvalue weighted by Gasteiger charge is -2.18. The van der Waals surface area contributed by atoms with Crippen molar-refractivity contribution in [2.24, 2.45) is 0 Å². The van der Waals surface area contributed by atoms with E-state index in [0.29, 0.717) is 6.04 Å². The molecule has 4 nitrogen and oxygen atoms in total. The molecule has 0 aliphatic carbocycles. The Labute approximate surface area is 102 Å². The molecule has 3 heterocycles. The molecule has 1 saturated heterocycles. The maximum atomic E-state index is 9.38. The van der Waals surface area contributed by atoms with E-state index in [1.807, 2.05) is 0 Å². The Kier molecular flexibility index (Phi) is 3.16. The highest BCUT2D eigenvalue weighted by Crippen LogP contribution is 2.22. The van der Waals surface area contributed by atoms with Gasteiger partial charge < -0.3 is 15.0 Å². The van der Waals surface area contributed by atoms with Crippen molar-refractivity contribution in [1.82, 2.24) is 14.9 Å². The number of fused-ring (bicyclic) bond motifs is 1. The molecular formula is C13H21N3O. The quantitative estimate of drug-likeness (QED) is 0.822. The second kappa shape index (κ2) is 4.78. The Morgan fingerprint density at radius 3 is 3.06 bits per heavy atom. The number of imidazole rings is 1. The number of hydrogen-bond donors (Lipinski definition) is 2. The highest BCUT2D eigenvalue weighted by Gasteiger charge is 2.22. The predicted octanol–water partition coefficient (Wildman–Crippen LogP) is 1.01. The Bertz CT molecular complexity index is 394. The molecule has 2 N–H and O–H groups in total. The van der Waals surface area contributed by atoms with Gasteiger partial charge in [0.25, 0.3) is 0 Å². The molecule has 0 amide bonds. The number of nitrogens with zero attached hydrogens (tertiary/aromatic N) is 2. The number of aromatic nitrogens is 2. The first-order chi connectivity index (χ1) is 8.38. The number of nitrogens with one attached hydrogen (secondary N) is 1. The Balaban J connectivity index is 1.85.